The van der Waals surface area contributed by atoms with E-state index in [9.17, 15) is 0 Å². The number of benzene rings is 1. The van der Waals surface area contributed by atoms with Crippen LogP contribution < -0.4 is 4.74 Å². The summed E-state index contributed by atoms with van der Waals surface area (Å²) in [6, 6.07) is 6.36. The molecule has 102 valence electrons. The molecule has 0 aliphatic heterocycles. The summed E-state index contributed by atoms with van der Waals surface area (Å²) >= 11 is 3.82. The van der Waals surface area contributed by atoms with Gasteiger partial charge < -0.3 is 4.74 Å². The van der Waals surface area contributed by atoms with Crippen LogP contribution in [0.5, 0.6) is 5.75 Å². The number of rotatable bonds is 4. The van der Waals surface area contributed by atoms with E-state index in [-0.39, 0.29) is 0 Å². The molecule has 0 saturated heterocycles. The van der Waals surface area contributed by atoms with Crippen LogP contribution in [0, 0.1) is 18.3 Å². The van der Waals surface area contributed by atoms with Crippen molar-refractivity contribution in [3.8, 4) is 5.75 Å². The first-order valence-electron chi connectivity index (χ1n) is 6.54. The maximum Gasteiger partial charge on any atom is 0.123 e. The van der Waals surface area contributed by atoms with Gasteiger partial charge in [0.1, 0.15) is 5.75 Å². The maximum atomic E-state index is 5.46. The number of halogens is 1. The summed E-state index contributed by atoms with van der Waals surface area (Å²) in [7, 11) is 1.74. The van der Waals surface area contributed by atoms with Crippen LogP contribution in [0.15, 0.2) is 18.2 Å². The molecule has 0 fully saturated rings. The molecule has 0 spiro atoms. The quantitative estimate of drug-likeness (QED) is 0.666. The van der Waals surface area contributed by atoms with Crippen molar-refractivity contribution in [2.45, 2.75) is 45.9 Å². The van der Waals surface area contributed by atoms with Crippen LogP contribution in [-0.2, 0) is 0 Å². The van der Waals surface area contributed by atoms with Crippen molar-refractivity contribution in [3.05, 3.63) is 29.3 Å². The van der Waals surface area contributed by atoms with Gasteiger partial charge in [0.15, 0.2) is 0 Å². The minimum atomic E-state index is 0.336. The third-order valence-electron chi connectivity index (χ3n) is 3.76. The Morgan fingerprint density at radius 3 is 2.39 bits per heavy atom. The van der Waals surface area contributed by atoms with Crippen molar-refractivity contribution < 1.29 is 4.74 Å². The van der Waals surface area contributed by atoms with E-state index < -0.39 is 0 Å². The molecule has 1 aromatic carbocycles. The zero-order valence-electron chi connectivity index (χ0n) is 12.4. The van der Waals surface area contributed by atoms with Crippen molar-refractivity contribution in [1.82, 2.24) is 0 Å². The number of methoxy groups -OCH3 is 1. The lowest BCUT2D eigenvalue weighted by Gasteiger charge is -2.29. The number of aryl methyl sites for hydroxylation is 1. The number of hydrogen-bond acceptors (Lipinski definition) is 1. The lowest BCUT2D eigenvalue weighted by atomic mass is 9.79. The van der Waals surface area contributed by atoms with Gasteiger partial charge in [-0.2, -0.15) is 0 Å². The van der Waals surface area contributed by atoms with E-state index in [2.05, 4.69) is 68.7 Å². The molecule has 0 aliphatic rings. The average Bonchev–Trinajstić information content (AvgIpc) is 2.27. The van der Waals surface area contributed by atoms with Gasteiger partial charge in [-0.3, -0.25) is 0 Å². The summed E-state index contributed by atoms with van der Waals surface area (Å²) in [5.41, 5.74) is 2.87. The lowest BCUT2D eigenvalue weighted by molar-refractivity contribution is 0.246. The number of alkyl halides is 1. The third kappa shape index (κ3) is 4.01. The zero-order chi connectivity index (χ0) is 13.9. The minimum absolute atomic E-state index is 0.336. The Labute approximate surface area is 120 Å². The molecule has 0 N–H and O–H groups in total. The van der Waals surface area contributed by atoms with Crippen molar-refractivity contribution in [2.24, 2.45) is 11.3 Å². The smallest absolute Gasteiger partial charge is 0.123 e. The maximum absolute atomic E-state index is 5.46. The Morgan fingerprint density at radius 2 is 1.89 bits per heavy atom. The first kappa shape index (κ1) is 15.6. The molecule has 1 aromatic rings. The van der Waals surface area contributed by atoms with Gasteiger partial charge in [0.25, 0.3) is 0 Å². The van der Waals surface area contributed by atoms with Crippen LogP contribution in [-0.4, -0.2) is 7.11 Å². The lowest BCUT2D eigenvalue weighted by Crippen LogP contribution is -2.18. The van der Waals surface area contributed by atoms with Crippen LogP contribution >= 0.6 is 15.9 Å². The molecule has 0 heterocycles. The largest absolute Gasteiger partial charge is 0.496 e. The zero-order valence-corrected chi connectivity index (χ0v) is 14.0. The summed E-state index contributed by atoms with van der Waals surface area (Å²) in [6.45, 7) is 11.3. The second-order valence-electron chi connectivity index (χ2n) is 6.22. The highest BCUT2D eigenvalue weighted by Crippen LogP contribution is 2.40. The van der Waals surface area contributed by atoms with E-state index in [4.69, 9.17) is 4.74 Å². The number of hydrogen-bond donors (Lipinski definition) is 0. The van der Waals surface area contributed by atoms with Gasteiger partial charge in [0.2, 0.25) is 0 Å². The van der Waals surface area contributed by atoms with Crippen LogP contribution in [0.2, 0.25) is 0 Å². The summed E-state index contributed by atoms with van der Waals surface area (Å²) in [6.07, 6.45) is 1.11. The van der Waals surface area contributed by atoms with Crippen molar-refractivity contribution in [3.63, 3.8) is 0 Å². The van der Waals surface area contributed by atoms with Gasteiger partial charge in [0, 0.05) is 10.4 Å². The van der Waals surface area contributed by atoms with E-state index in [0.717, 1.165) is 12.2 Å². The third-order valence-corrected chi connectivity index (χ3v) is 4.63. The van der Waals surface area contributed by atoms with E-state index in [1.54, 1.807) is 7.11 Å². The average molecular weight is 313 g/mol. The van der Waals surface area contributed by atoms with Gasteiger partial charge in [-0.15, -0.1) is 0 Å². The molecule has 0 aliphatic carbocycles. The summed E-state index contributed by atoms with van der Waals surface area (Å²) < 4.78 is 5.46. The highest BCUT2D eigenvalue weighted by Gasteiger charge is 2.24. The molecule has 0 amide bonds. The molecule has 0 aromatic heterocycles. The van der Waals surface area contributed by atoms with E-state index >= 15 is 0 Å². The predicted molar refractivity (Wildman–Crippen MR) is 82.6 cm³/mol. The highest BCUT2D eigenvalue weighted by atomic mass is 79.9. The fraction of sp³-hybridized carbons (Fsp3) is 0.625. The monoisotopic (exact) mass is 312 g/mol. The fourth-order valence-corrected chi connectivity index (χ4v) is 2.81. The Bertz CT molecular complexity index is 393. The molecule has 0 radical (unpaired) electrons. The number of ether oxygens (including phenoxy) is 1. The first-order valence-corrected chi connectivity index (χ1v) is 7.46. The van der Waals surface area contributed by atoms with Gasteiger partial charge in [0.05, 0.1) is 7.11 Å². The normalized spacial score (nSPS) is 15.3. The highest BCUT2D eigenvalue weighted by molar-refractivity contribution is 9.09. The van der Waals surface area contributed by atoms with Crippen LogP contribution in [0.1, 0.15) is 50.1 Å². The molecule has 2 heteroatoms. The molecule has 2 atom stereocenters. The molecule has 0 saturated carbocycles. The van der Waals surface area contributed by atoms with Gasteiger partial charge in [-0.1, -0.05) is 61.3 Å². The second kappa shape index (κ2) is 6.10. The molecule has 18 heavy (non-hydrogen) atoms. The van der Waals surface area contributed by atoms with Crippen LogP contribution in [0.3, 0.4) is 0 Å². The van der Waals surface area contributed by atoms with Gasteiger partial charge in [-0.25, -0.2) is 0 Å². The standard InChI is InChI=1S/C16H25BrO/c1-11-7-8-15(18-6)13(9-11)14(17)10-12(2)16(3,4)5/h7-9,12,14H,10H2,1-6H3. The molecule has 1 rings (SSSR count). The molecular weight excluding hydrogens is 288 g/mol. The van der Waals surface area contributed by atoms with E-state index in [0.29, 0.717) is 16.2 Å². The Kier molecular flexibility index (Phi) is 5.27. The molecule has 2 unspecified atom stereocenters. The van der Waals surface area contributed by atoms with Crippen molar-refractivity contribution in [2.75, 3.05) is 7.11 Å². The SMILES string of the molecule is COc1ccc(C)cc1C(Br)CC(C)C(C)(C)C. The Morgan fingerprint density at radius 1 is 1.28 bits per heavy atom. The fourth-order valence-electron chi connectivity index (χ4n) is 1.89. The van der Waals surface area contributed by atoms with Crippen LogP contribution in [0.4, 0.5) is 0 Å². The minimum Gasteiger partial charge on any atom is -0.496 e. The summed E-state index contributed by atoms with van der Waals surface area (Å²) in [5.74, 6) is 1.62. The van der Waals surface area contributed by atoms with Gasteiger partial charge >= 0.3 is 0 Å². The van der Waals surface area contributed by atoms with Crippen molar-refractivity contribution >= 4 is 15.9 Å². The predicted octanol–water partition coefficient (Wildman–Crippen LogP) is 5.51. The summed E-state index contributed by atoms with van der Waals surface area (Å²) in [5, 5.41) is 0. The Hall–Kier alpha value is -0.500. The topological polar surface area (TPSA) is 9.23 Å². The Balaban J connectivity index is 2.90. The van der Waals surface area contributed by atoms with E-state index in [1.807, 2.05) is 0 Å². The molecule has 1 nitrogen and oxygen atoms in total. The molecule has 0 bridgehead atoms. The first-order chi connectivity index (χ1) is 8.25. The summed E-state index contributed by atoms with van der Waals surface area (Å²) in [4.78, 5) is 0.349. The van der Waals surface area contributed by atoms with Crippen LogP contribution in [0.25, 0.3) is 0 Å². The second-order valence-corrected chi connectivity index (χ2v) is 7.32. The molecular formula is C16H25BrO. The van der Waals surface area contributed by atoms with E-state index in [1.165, 1.54) is 11.1 Å². The van der Waals surface area contributed by atoms with Gasteiger partial charge in [-0.05, 0) is 30.7 Å². The van der Waals surface area contributed by atoms with Crippen molar-refractivity contribution in [1.29, 1.82) is 0 Å².